The maximum Gasteiger partial charge on any atom is 0.264 e. The number of rotatable bonds is 9. The standard InChI is InChI=1S/C25H25F2N3O4S/c1-18(25(32)28-2)29(16-19-10-6-7-13-21(19)26)24(31)17-30(23-15-9-8-14-22(23)27)35(33,34)20-11-4-3-5-12-20/h3-15,18H,16-17H2,1-2H3,(H,28,32). The Labute approximate surface area is 203 Å². The second kappa shape index (κ2) is 11.1. The summed E-state index contributed by atoms with van der Waals surface area (Å²) in [5.41, 5.74) is -0.192. The largest absolute Gasteiger partial charge is 0.357 e. The number of amides is 2. The number of carbonyl (C=O) groups excluding carboxylic acids is 2. The summed E-state index contributed by atoms with van der Waals surface area (Å²) < 4.78 is 56.7. The van der Waals surface area contributed by atoms with Crippen molar-refractivity contribution in [2.75, 3.05) is 17.9 Å². The molecule has 10 heteroatoms. The van der Waals surface area contributed by atoms with Gasteiger partial charge in [-0.25, -0.2) is 17.2 Å². The number of anilines is 1. The molecular weight excluding hydrogens is 476 g/mol. The third-order valence-corrected chi connectivity index (χ3v) is 7.22. The number of hydrogen-bond donors (Lipinski definition) is 1. The van der Waals surface area contributed by atoms with Gasteiger partial charge >= 0.3 is 0 Å². The van der Waals surface area contributed by atoms with Crippen molar-refractivity contribution in [1.82, 2.24) is 10.2 Å². The Morgan fingerprint density at radius 1 is 0.886 bits per heavy atom. The van der Waals surface area contributed by atoms with Gasteiger partial charge in [0.25, 0.3) is 10.0 Å². The Morgan fingerprint density at radius 3 is 2.06 bits per heavy atom. The number of benzene rings is 3. The van der Waals surface area contributed by atoms with E-state index in [0.29, 0.717) is 4.31 Å². The molecule has 35 heavy (non-hydrogen) atoms. The van der Waals surface area contributed by atoms with E-state index >= 15 is 0 Å². The van der Waals surface area contributed by atoms with Gasteiger partial charge in [0, 0.05) is 19.2 Å². The quantitative estimate of drug-likeness (QED) is 0.487. The summed E-state index contributed by atoms with van der Waals surface area (Å²) in [5.74, 6) is -2.78. The van der Waals surface area contributed by atoms with E-state index in [1.165, 1.54) is 74.6 Å². The molecule has 3 rings (SSSR count). The van der Waals surface area contributed by atoms with Crippen LogP contribution < -0.4 is 9.62 Å². The van der Waals surface area contributed by atoms with Crippen molar-refractivity contribution >= 4 is 27.5 Å². The molecule has 0 saturated heterocycles. The van der Waals surface area contributed by atoms with E-state index < -0.39 is 46.1 Å². The first-order valence-corrected chi connectivity index (χ1v) is 12.2. The van der Waals surface area contributed by atoms with Crippen molar-refractivity contribution in [2.45, 2.75) is 24.4 Å². The van der Waals surface area contributed by atoms with Crippen molar-refractivity contribution in [3.05, 3.63) is 96.1 Å². The molecule has 0 bridgehead atoms. The number of nitrogens with one attached hydrogen (secondary N) is 1. The van der Waals surface area contributed by atoms with Gasteiger partial charge in [-0.15, -0.1) is 0 Å². The maximum absolute atomic E-state index is 14.7. The third kappa shape index (κ3) is 5.83. The van der Waals surface area contributed by atoms with Crippen LogP contribution in [0, 0.1) is 11.6 Å². The van der Waals surface area contributed by atoms with Crippen LogP contribution in [0.25, 0.3) is 0 Å². The summed E-state index contributed by atoms with van der Waals surface area (Å²) in [4.78, 5) is 26.8. The Balaban J connectivity index is 2.05. The molecule has 0 aliphatic carbocycles. The summed E-state index contributed by atoms with van der Waals surface area (Å²) in [7, 11) is -2.98. The molecular formula is C25H25F2N3O4S. The van der Waals surface area contributed by atoms with Crippen molar-refractivity contribution in [1.29, 1.82) is 0 Å². The average Bonchev–Trinajstić information content (AvgIpc) is 2.86. The van der Waals surface area contributed by atoms with Crippen LogP contribution in [0.1, 0.15) is 12.5 Å². The van der Waals surface area contributed by atoms with Gasteiger partial charge in [-0.2, -0.15) is 0 Å². The summed E-state index contributed by atoms with van der Waals surface area (Å²) in [6, 6.07) is 17.1. The number of hydrogen-bond acceptors (Lipinski definition) is 4. The van der Waals surface area contributed by atoms with Gasteiger partial charge in [0.1, 0.15) is 24.2 Å². The summed E-state index contributed by atoms with van der Waals surface area (Å²) in [5, 5.41) is 2.43. The first-order chi connectivity index (χ1) is 16.7. The molecule has 0 radical (unpaired) electrons. The summed E-state index contributed by atoms with van der Waals surface area (Å²) in [6.45, 7) is 0.335. The Hall–Kier alpha value is -3.79. The van der Waals surface area contributed by atoms with Gasteiger partial charge < -0.3 is 10.2 Å². The van der Waals surface area contributed by atoms with Crippen LogP contribution in [-0.2, 0) is 26.2 Å². The van der Waals surface area contributed by atoms with Crippen LogP contribution in [0.15, 0.2) is 83.8 Å². The summed E-state index contributed by atoms with van der Waals surface area (Å²) >= 11 is 0. The SMILES string of the molecule is CNC(=O)C(C)N(Cc1ccccc1F)C(=O)CN(c1ccccc1F)S(=O)(=O)c1ccccc1. The molecule has 0 aliphatic rings. The van der Waals surface area contributed by atoms with Crippen molar-refractivity contribution < 1.29 is 26.8 Å². The first kappa shape index (κ1) is 25.8. The predicted molar refractivity (Wildman–Crippen MR) is 128 cm³/mol. The van der Waals surface area contributed by atoms with E-state index in [9.17, 15) is 26.8 Å². The molecule has 1 unspecified atom stereocenters. The topological polar surface area (TPSA) is 86.8 Å². The number of carbonyl (C=O) groups is 2. The van der Waals surface area contributed by atoms with Gasteiger partial charge in [-0.05, 0) is 37.3 Å². The van der Waals surface area contributed by atoms with Crippen LogP contribution in [0.4, 0.5) is 14.5 Å². The van der Waals surface area contributed by atoms with E-state index in [4.69, 9.17) is 0 Å². The first-order valence-electron chi connectivity index (χ1n) is 10.7. The number of halogens is 2. The molecule has 1 atom stereocenters. The minimum Gasteiger partial charge on any atom is -0.357 e. The monoisotopic (exact) mass is 501 g/mol. The highest BCUT2D eigenvalue weighted by molar-refractivity contribution is 7.92. The van der Waals surface area contributed by atoms with Crippen LogP contribution >= 0.6 is 0 Å². The van der Waals surface area contributed by atoms with E-state index in [1.54, 1.807) is 12.1 Å². The molecule has 0 aliphatic heterocycles. The molecule has 0 spiro atoms. The molecule has 3 aromatic carbocycles. The normalized spacial score (nSPS) is 12.0. The van der Waals surface area contributed by atoms with Crippen LogP contribution in [0.5, 0.6) is 0 Å². The lowest BCUT2D eigenvalue weighted by molar-refractivity contribution is -0.139. The van der Waals surface area contributed by atoms with Gasteiger partial charge in [-0.3, -0.25) is 13.9 Å². The van der Waals surface area contributed by atoms with Crippen LogP contribution in [-0.4, -0.2) is 44.8 Å². The zero-order valence-electron chi connectivity index (χ0n) is 19.2. The summed E-state index contributed by atoms with van der Waals surface area (Å²) in [6.07, 6.45) is 0. The van der Waals surface area contributed by atoms with Gasteiger partial charge in [0.15, 0.2) is 0 Å². The van der Waals surface area contributed by atoms with E-state index in [2.05, 4.69) is 5.32 Å². The highest BCUT2D eigenvalue weighted by Gasteiger charge is 2.33. The van der Waals surface area contributed by atoms with E-state index in [1.807, 2.05) is 0 Å². The predicted octanol–water partition coefficient (Wildman–Crippen LogP) is 3.32. The Morgan fingerprint density at radius 2 is 1.46 bits per heavy atom. The molecule has 0 heterocycles. The minimum atomic E-state index is -4.37. The maximum atomic E-state index is 14.7. The van der Waals surface area contributed by atoms with Crippen molar-refractivity contribution in [3.63, 3.8) is 0 Å². The third-order valence-electron chi connectivity index (χ3n) is 5.44. The number of nitrogens with zero attached hydrogens (tertiary/aromatic N) is 2. The Kier molecular flexibility index (Phi) is 8.18. The highest BCUT2D eigenvalue weighted by Crippen LogP contribution is 2.27. The second-order valence-electron chi connectivity index (χ2n) is 7.68. The fourth-order valence-electron chi connectivity index (χ4n) is 3.49. The van der Waals surface area contributed by atoms with Gasteiger partial charge in [0.2, 0.25) is 11.8 Å². The minimum absolute atomic E-state index is 0.139. The van der Waals surface area contributed by atoms with Gasteiger partial charge in [0.05, 0.1) is 10.6 Å². The molecule has 1 N–H and O–H groups in total. The lowest BCUT2D eigenvalue weighted by Gasteiger charge is -2.31. The zero-order valence-corrected chi connectivity index (χ0v) is 20.0. The molecule has 7 nitrogen and oxygen atoms in total. The van der Waals surface area contributed by atoms with Crippen molar-refractivity contribution in [2.24, 2.45) is 0 Å². The lowest BCUT2D eigenvalue weighted by Crippen LogP contribution is -2.51. The number of likely N-dealkylation sites (N-methyl/N-ethyl adjacent to an activating group) is 1. The highest BCUT2D eigenvalue weighted by atomic mass is 32.2. The zero-order chi connectivity index (χ0) is 25.6. The average molecular weight is 502 g/mol. The van der Waals surface area contributed by atoms with Gasteiger partial charge in [-0.1, -0.05) is 48.5 Å². The molecule has 0 saturated carbocycles. The fourth-order valence-corrected chi connectivity index (χ4v) is 4.93. The Bertz CT molecular complexity index is 1300. The molecule has 0 fully saturated rings. The molecule has 2 amide bonds. The van der Waals surface area contributed by atoms with Crippen LogP contribution in [0.3, 0.4) is 0 Å². The van der Waals surface area contributed by atoms with Crippen LogP contribution in [0.2, 0.25) is 0 Å². The molecule has 184 valence electrons. The number of para-hydroxylation sites is 1. The molecule has 3 aromatic rings. The molecule has 0 aromatic heterocycles. The lowest BCUT2D eigenvalue weighted by atomic mass is 10.1. The second-order valence-corrected chi connectivity index (χ2v) is 9.54. The number of sulfonamides is 1. The van der Waals surface area contributed by atoms with E-state index in [-0.39, 0.29) is 22.7 Å². The van der Waals surface area contributed by atoms with Crippen molar-refractivity contribution in [3.8, 4) is 0 Å². The fraction of sp³-hybridized carbons (Fsp3) is 0.200. The smallest absolute Gasteiger partial charge is 0.264 e. The van der Waals surface area contributed by atoms with E-state index in [0.717, 1.165) is 11.0 Å².